The summed E-state index contributed by atoms with van der Waals surface area (Å²) in [7, 11) is 0. The van der Waals surface area contributed by atoms with E-state index in [9.17, 15) is 0 Å². The van der Waals surface area contributed by atoms with Gasteiger partial charge in [-0.05, 0) is 60.2 Å². The van der Waals surface area contributed by atoms with Crippen LogP contribution in [-0.4, -0.2) is 0 Å². The average molecular weight is 272 g/mol. The molecule has 0 saturated carbocycles. The Morgan fingerprint density at radius 2 is 2.11 bits per heavy atom. The summed E-state index contributed by atoms with van der Waals surface area (Å²) >= 11 is 1.82. The van der Waals surface area contributed by atoms with Crippen LogP contribution >= 0.6 is 11.3 Å². The fraction of sp³-hybridized carbons (Fsp3) is 0.375. The lowest BCUT2D eigenvalue weighted by Crippen LogP contribution is -2.28. The van der Waals surface area contributed by atoms with E-state index in [1.807, 2.05) is 11.3 Å². The molecule has 3 heteroatoms. The molecule has 1 aliphatic carbocycles. The number of rotatable bonds is 5. The summed E-state index contributed by atoms with van der Waals surface area (Å²) in [6, 6.07) is 11.4. The molecule has 100 valence electrons. The quantitative estimate of drug-likeness (QED) is 0.647. The SMILES string of the molecule is NNC(CCc1cccs1)c1ccc2c(c1)CCC2. The van der Waals surface area contributed by atoms with Crippen molar-refractivity contribution in [1.82, 2.24) is 5.43 Å². The van der Waals surface area contributed by atoms with Crippen molar-refractivity contribution in [3.05, 3.63) is 57.3 Å². The lowest BCUT2D eigenvalue weighted by Gasteiger charge is -2.17. The highest BCUT2D eigenvalue weighted by atomic mass is 32.1. The molecule has 0 saturated heterocycles. The molecule has 1 aliphatic rings. The first-order valence-corrected chi connectivity index (χ1v) is 7.85. The normalized spacial score (nSPS) is 15.4. The Bertz CT molecular complexity index is 534. The summed E-state index contributed by atoms with van der Waals surface area (Å²) in [5, 5.41) is 2.13. The maximum absolute atomic E-state index is 5.74. The molecule has 1 heterocycles. The van der Waals surface area contributed by atoms with Crippen LogP contribution in [0.25, 0.3) is 0 Å². The van der Waals surface area contributed by atoms with Crippen molar-refractivity contribution in [2.45, 2.75) is 38.1 Å². The number of fused-ring (bicyclic) bond motifs is 1. The molecule has 0 spiro atoms. The number of benzene rings is 1. The monoisotopic (exact) mass is 272 g/mol. The first-order valence-electron chi connectivity index (χ1n) is 6.97. The maximum Gasteiger partial charge on any atom is 0.0463 e. The Morgan fingerprint density at radius 3 is 2.89 bits per heavy atom. The summed E-state index contributed by atoms with van der Waals surface area (Å²) in [4.78, 5) is 1.43. The van der Waals surface area contributed by atoms with Crippen molar-refractivity contribution in [1.29, 1.82) is 0 Å². The highest BCUT2D eigenvalue weighted by Crippen LogP contribution is 2.27. The average Bonchev–Trinajstić information content (AvgIpc) is 3.09. The van der Waals surface area contributed by atoms with E-state index in [0.717, 1.165) is 12.8 Å². The molecule has 2 aromatic rings. The Hall–Kier alpha value is -1.16. The van der Waals surface area contributed by atoms with Gasteiger partial charge < -0.3 is 0 Å². The molecule has 1 aromatic heterocycles. The van der Waals surface area contributed by atoms with Gasteiger partial charge in [0.1, 0.15) is 0 Å². The Balaban J connectivity index is 1.71. The summed E-state index contributed by atoms with van der Waals surface area (Å²) in [5.74, 6) is 5.74. The number of hydrogen-bond acceptors (Lipinski definition) is 3. The lowest BCUT2D eigenvalue weighted by atomic mass is 9.98. The van der Waals surface area contributed by atoms with Gasteiger partial charge in [0, 0.05) is 10.9 Å². The molecule has 0 amide bonds. The number of hydrogen-bond donors (Lipinski definition) is 2. The third-order valence-corrected chi connectivity index (χ3v) is 4.92. The minimum Gasteiger partial charge on any atom is -0.271 e. The molecule has 0 radical (unpaired) electrons. The third-order valence-electron chi connectivity index (χ3n) is 3.99. The Kier molecular flexibility index (Phi) is 3.97. The number of nitrogens with one attached hydrogen (secondary N) is 1. The van der Waals surface area contributed by atoms with Crippen molar-refractivity contribution in [3.63, 3.8) is 0 Å². The van der Waals surface area contributed by atoms with Crippen LogP contribution in [0, 0.1) is 0 Å². The summed E-state index contributed by atoms with van der Waals surface area (Å²) in [6.45, 7) is 0. The van der Waals surface area contributed by atoms with Crippen molar-refractivity contribution in [3.8, 4) is 0 Å². The molecular weight excluding hydrogens is 252 g/mol. The van der Waals surface area contributed by atoms with Crippen LogP contribution in [0.5, 0.6) is 0 Å². The molecule has 0 fully saturated rings. The second-order valence-corrected chi connectivity index (χ2v) is 6.25. The Morgan fingerprint density at radius 1 is 1.21 bits per heavy atom. The van der Waals surface area contributed by atoms with E-state index >= 15 is 0 Å². The molecule has 0 aliphatic heterocycles. The second-order valence-electron chi connectivity index (χ2n) is 5.22. The standard InChI is InChI=1S/C16H20N2S/c17-18-16(9-8-15-5-2-10-19-15)14-7-6-12-3-1-4-13(12)11-14/h2,5-7,10-11,16,18H,1,3-4,8-9,17H2. The molecule has 0 bridgehead atoms. The molecule has 1 atom stereocenters. The predicted molar refractivity (Wildman–Crippen MR) is 81.2 cm³/mol. The van der Waals surface area contributed by atoms with Gasteiger partial charge in [0.15, 0.2) is 0 Å². The van der Waals surface area contributed by atoms with E-state index in [-0.39, 0.29) is 6.04 Å². The number of nitrogens with two attached hydrogens (primary N) is 1. The van der Waals surface area contributed by atoms with Crippen LogP contribution in [0.4, 0.5) is 0 Å². The van der Waals surface area contributed by atoms with Gasteiger partial charge in [-0.2, -0.15) is 0 Å². The number of hydrazine groups is 1. The maximum atomic E-state index is 5.74. The van der Waals surface area contributed by atoms with Gasteiger partial charge in [-0.15, -0.1) is 11.3 Å². The lowest BCUT2D eigenvalue weighted by molar-refractivity contribution is 0.518. The zero-order valence-electron chi connectivity index (χ0n) is 11.1. The van der Waals surface area contributed by atoms with Crippen molar-refractivity contribution < 1.29 is 0 Å². The van der Waals surface area contributed by atoms with Gasteiger partial charge in [-0.25, -0.2) is 0 Å². The third kappa shape index (κ3) is 2.89. The van der Waals surface area contributed by atoms with E-state index in [2.05, 4.69) is 41.1 Å². The van der Waals surface area contributed by atoms with Gasteiger partial charge in [0.05, 0.1) is 0 Å². The molecule has 1 unspecified atom stereocenters. The smallest absolute Gasteiger partial charge is 0.0463 e. The first kappa shape index (κ1) is 12.9. The van der Waals surface area contributed by atoms with Crippen molar-refractivity contribution in [2.24, 2.45) is 5.84 Å². The van der Waals surface area contributed by atoms with E-state index < -0.39 is 0 Å². The first-order chi connectivity index (χ1) is 9.36. The zero-order valence-corrected chi connectivity index (χ0v) is 11.9. The van der Waals surface area contributed by atoms with Crippen molar-refractivity contribution >= 4 is 11.3 Å². The van der Waals surface area contributed by atoms with Gasteiger partial charge in [-0.1, -0.05) is 24.3 Å². The Labute approximate surface area is 118 Å². The van der Waals surface area contributed by atoms with Crippen LogP contribution in [0.2, 0.25) is 0 Å². The molecule has 19 heavy (non-hydrogen) atoms. The molecular formula is C16H20N2S. The van der Waals surface area contributed by atoms with Gasteiger partial charge >= 0.3 is 0 Å². The van der Waals surface area contributed by atoms with Crippen LogP contribution in [0.15, 0.2) is 35.7 Å². The largest absolute Gasteiger partial charge is 0.271 e. The van der Waals surface area contributed by atoms with Crippen LogP contribution in [0.1, 0.15) is 40.5 Å². The summed E-state index contributed by atoms with van der Waals surface area (Å²) in [5.41, 5.74) is 7.36. The zero-order chi connectivity index (χ0) is 13.1. The van der Waals surface area contributed by atoms with Gasteiger partial charge in [0.2, 0.25) is 0 Å². The summed E-state index contributed by atoms with van der Waals surface area (Å²) in [6.07, 6.45) is 5.91. The van der Waals surface area contributed by atoms with Crippen LogP contribution < -0.4 is 11.3 Å². The van der Waals surface area contributed by atoms with E-state index in [0.29, 0.717) is 0 Å². The second kappa shape index (κ2) is 5.87. The van der Waals surface area contributed by atoms with Gasteiger partial charge in [0.25, 0.3) is 0 Å². The molecule has 1 aromatic carbocycles. The van der Waals surface area contributed by atoms with E-state index in [4.69, 9.17) is 5.84 Å². The fourth-order valence-electron chi connectivity index (χ4n) is 2.90. The minimum absolute atomic E-state index is 0.257. The van der Waals surface area contributed by atoms with Crippen LogP contribution in [0.3, 0.4) is 0 Å². The van der Waals surface area contributed by atoms with E-state index in [1.165, 1.54) is 40.8 Å². The minimum atomic E-state index is 0.257. The predicted octanol–water partition coefficient (Wildman–Crippen LogP) is 3.37. The van der Waals surface area contributed by atoms with Crippen molar-refractivity contribution in [2.75, 3.05) is 0 Å². The molecule has 3 rings (SSSR count). The number of aryl methyl sites for hydroxylation is 3. The highest BCUT2D eigenvalue weighted by Gasteiger charge is 2.15. The molecule has 2 nitrogen and oxygen atoms in total. The van der Waals surface area contributed by atoms with Gasteiger partial charge in [-0.3, -0.25) is 11.3 Å². The fourth-order valence-corrected chi connectivity index (χ4v) is 3.62. The molecule has 3 N–H and O–H groups in total. The highest BCUT2D eigenvalue weighted by molar-refractivity contribution is 7.09. The van der Waals surface area contributed by atoms with E-state index in [1.54, 1.807) is 0 Å². The van der Waals surface area contributed by atoms with Crippen LogP contribution in [-0.2, 0) is 19.3 Å². The summed E-state index contributed by atoms with van der Waals surface area (Å²) < 4.78 is 0. The topological polar surface area (TPSA) is 38.0 Å². The number of thiophene rings is 1.